The Bertz CT molecular complexity index is 3560. The Kier molecular flexibility index (Phi) is 6.89. The van der Waals surface area contributed by atoms with Crippen LogP contribution in [-0.2, 0) is 9.98 Å². The molecule has 0 saturated carbocycles. The molecule has 0 bridgehead atoms. The van der Waals surface area contributed by atoms with Crippen molar-refractivity contribution in [3.8, 4) is 22.9 Å². The monoisotopic (exact) mass is 786 g/mol. The molecule has 1 unspecified atom stereocenters. The molecular formula is C55H35N2O2P. The van der Waals surface area contributed by atoms with Crippen LogP contribution in [0.5, 0.6) is 11.5 Å². The number of aromatic nitrogens is 2. The van der Waals surface area contributed by atoms with Crippen LogP contribution in [0.25, 0.3) is 55.0 Å². The van der Waals surface area contributed by atoms with Crippen molar-refractivity contribution in [3.63, 3.8) is 0 Å². The lowest BCUT2D eigenvalue weighted by atomic mass is 9.61. The SMILES string of the molecule is O=P(c1ccccc1)(c1ccccc1)c1ccc(-n2c3ccccc3c3c4c(ccc32)C2(c3ccccc3O4)c3ccccc3-n3c4ccccc4c4cccc2c43)cc1. The number of rotatable bonds is 4. The zero-order valence-electron chi connectivity index (χ0n) is 32.4. The molecule has 0 N–H and O–H groups in total. The number of para-hydroxylation sites is 5. The van der Waals surface area contributed by atoms with Gasteiger partial charge in [-0.15, -0.1) is 0 Å². The summed E-state index contributed by atoms with van der Waals surface area (Å²) in [5.41, 5.74) is 10.8. The molecular weight excluding hydrogens is 752 g/mol. The highest BCUT2D eigenvalue weighted by molar-refractivity contribution is 7.85. The molecule has 4 heterocycles. The molecule has 282 valence electrons. The maximum Gasteiger partial charge on any atom is 0.171 e. The molecule has 13 rings (SSSR count). The molecule has 1 atom stereocenters. The van der Waals surface area contributed by atoms with Crippen LogP contribution in [0.1, 0.15) is 22.3 Å². The lowest BCUT2D eigenvalue weighted by molar-refractivity contribution is 0.439. The number of hydrogen-bond acceptors (Lipinski definition) is 2. The molecule has 9 aromatic carbocycles. The summed E-state index contributed by atoms with van der Waals surface area (Å²) in [6, 6.07) is 74.4. The van der Waals surface area contributed by atoms with E-state index in [2.05, 4.69) is 161 Å². The molecule has 2 aliphatic rings. The van der Waals surface area contributed by atoms with E-state index >= 15 is 4.57 Å². The van der Waals surface area contributed by atoms with Crippen LogP contribution in [0.15, 0.2) is 212 Å². The second-order valence-electron chi connectivity index (χ2n) is 15.9. The maximum absolute atomic E-state index is 15.3. The number of ether oxygens (including phenoxy) is 1. The molecule has 1 spiro atoms. The summed E-state index contributed by atoms with van der Waals surface area (Å²) in [6.07, 6.45) is 0. The number of nitrogens with zero attached hydrogens (tertiary/aromatic N) is 2. The van der Waals surface area contributed by atoms with Gasteiger partial charge in [-0.2, -0.15) is 0 Å². The smallest absolute Gasteiger partial charge is 0.171 e. The highest BCUT2D eigenvalue weighted by Gasteiger charge is 2.51. The Morgan fingerprint density at radius 1 is 0.400 bits per heavy atom. The van der Waals surface area contributed by atoms with Gasteiger partial charge in [-0.25, -0.2) is 0 Å². The van der Waals surface area contributed by atoms with Crippen molar-refractivity contribution in [3.05, 3.63) is 235 Å². The van der Waals surface area contributed by atoms with Crippen LogP contribution in [-0.4, -0.2) is 9.13 Å². The van der Waals surface area contributed by atoms with Crippen molar-refractivity contribution in [2.24, 2.45) is 0 Å². The molecule has 2 aromatic heterocycles. The molecule has 5 heteroatoms. The van der Waals surface area contributed by atoms with Crippen molar-refractivity contribution in [1.29, 1.82) is 0 Å². The molecule has 0 fully saturated rings. The van der Waals surface area contributed by atoms with Crippen LogP contribution in [0, 0.1) is 0 Å². The van der Waals surface area contributed by atoms with Crippen molar-refractivity contribution >= 4 is 66.7 Å². The first-order chi connectivity index (χ1) is 29.7. The van der Waals surface area contributed by atoms with Gasteiger partial charge in [0.15, 0.2) is 7.14 Å². The van der Waals surface area contributed by atoms with Crippen LogP contribution in [0.4, 0.5) is 0 Å². The lowest BCUT2D eigenvalue weighted by Gasteiger charge is -2.45. The lowest BCUT2D eigenvalue weighted by Crippen LogP contribution is -2.37. The number of hydrogen-bond donors (Lipinski definition) is 0. The van der Waals surface area contributed by atoms with Crippen LogP contribution >= 0.6 is 7.14 Å². The molecule has 0 radical (unpaired) electrons. The molecule has 60 heavy (non-hydrogen) atoms. The standard InChI is InChI=1S/C55H35N2O2P/c58-60(37-16-3-1-4-17-37,38-18-5-2-6-19-38)39-32-30-36(31-33-39)56-48-27-12-8-21-42(48)52-50(56)35-34-46-54(52)59-51-29-14-10-24-44(51)55(46)43-23-9-13-28-49(43)57-47-26-11-7-20-40(47)41-22-15-25-45(55)53(41)57/h1-35H. The first-order valence-corrected chi connectivity index (χ1v) is 22.2. The van der Waals surface area contributed by atoms with E-state index in [0.29, 0.717) is 0 Å². The maximum atomic E-state index is 15.3. The first kappa shape index (κ1) is 33.6. The normalized spacial score (nSPS) is 15.3. The van der Waals surface area contributed by atoms with Crippen molar-refractivity contribution in [1.82, 2.24) is 9.13 Å². The molecule has 0 saturated heterocycles. The highest BCUT2D eigenvalue weighted by Crippen LogP contribution is 2.62. The van der Waals surface area contributed by atoms with Gasteiger partial charge in [0.05, 0.1) is 38.6 Å². The van der Waals surface area contributed by atoms with E-state index in [-0.39, 0.29) is 0 Å². The van der Waals surface area contributed by atoms with Gasteiger partial charge in [0.1, 0.15) is 11.5 Å². The zero-order valence-corrected chi connectivity index (χ0v) is 33.3. The Morgan fingerprint density at radius 3 is 1.72 bits per heavy atom. The molecule has 2 aliphatic heterocycles. The van der Waals surface area contributed by atoms with Crippen molar-refractivity contribution in [2.75, 3.05) is 0 Å². The van der Waals surface area contributed by atoms with Crippen LogP contribution < -0.4 is 20.7 Å². The van der Waals surface area contributed by atoms with Crippen molar-refractivity contribution < 1.29 is 9.30 Å². The Balaban J connectivity index is 1.09. The molecule has 11 aromatic rings. The first-order valence-electron chi connectivity index (χ1n) is 20.5. The molecule has 4 nitrogen and oxygen atoms in total. The van der Waals surface area contributed by atoms with Crippen LogP contribution in [0.3, 0.4) is 0 Å². The van der Waals surface area contributed by atoms with E-state index in [1.54, 1.807) is 0 Å². The van der Waals surface area contributed by atoms with Gasteiger partial charge in [-0.05, 0) is 65.7 Å². The summed E-state index contributed by atoms with van der Waals surface area (Å²) < 4.78 is 27.3. The fourth-order valence-corrected chi connectivity index (χ4v) is 13.3. The van der Waals surface area contributed by atoms with Crippen molar-refractivity contribution in [2.45, 2.75) is 5.41 Å². The van der Waals surface area contributed by atoms with E-state index in [0.717, 1.165) is 66.0 Å². The largest absolute Gasteiger partial charge is 0.456 e. The Morgan fingerprint density at radius 2 is 0.967 bits per heavy atom. The summed E-state index contributed by atoms with van der Waals surface area (Å²) in [5, 5.41) is 7.10. The highest BCUT2D eigenvalue weighted by atomic mass is 31.2. The minimum Gasteiger partial charge on any atom is -0.456 e. The second kappa shape index (κ2) is 12.3. The summed E-state index contributed by atoms with van der Waals surface area (Å²) in [7, 11) is -3.14. The summed E-state index contributed by atoms with van der Waals surface area (Å²) in [4.78, 5) is 0. The average Bonchev–Trinajstić information content (AvgIpc) is 3.85. The van der Waals surface area contributed by atoms with E-state index in [9.17, 15) is 0 Å². The van der Waals surface area contributed by atoms with E-state index < -0.39 is 12.6 Å². The average molecular weight is 787 g/mol. The Hall–Kier alpha value is -7.39. The fraction of sp³-hybridized carbons (Fsp3) is 0.0182. The van der Waals surface area contributed by atoms with E-state index in [1.807, 2.05) is 60.7 Å². The van der Waals surface area contributed by atoms with Gasteiger partial charge >= 0.3 is 0 Å². The predicted molar refractivity (Wildman–Crippen MR) is 246 cm³/mol. The predicted octanol–water partition coefficient (Wildman–Crippen LogP) is 12.3. The van der Waals surface area contributed by atoms with Gasteiger partial charge in [-0.3, -0.25) is 0 Å². The summed E-state index contributed by atoms with van der Waals surface area (Å²) in [5.74, 6) is 1.72. The van der Waals surface area contributed by atoms with E-state index in [4.69, 9.17) is 4.74 Å². The second-order valence-corrected chi connectivity index (χ2v) is 18.7. The quantitative estimate of drug-likeness (QED) is 0.167. The van der Waals surface area contributed by atoms with Gasteiger partial charge < -0.3 is 18.4 Å². The Labute approximate surface area is 346 Å². The van der Waals surface area contributed by atoms with E-state index in [1.165, 1.54) is 38.6 Å². The topological polar surface area (TPSA) is 36.2 Å². The van der Waals surface area contributed by atoms with Gasteiger partial charge in [0, 0.05) is 48.9 Å². The van der Waals surface area contributed by atoms with Gasteiger partial charge in [0.2, 0.25) is 0 Å². The number of fused-ring (bicyclic) bond motifs is 15. The van der Waals surface area contributed by atoms with Crippen LogP contribution in [0.2, 0.25) is 0 Å². The minimum atomic E-state index is -3.14. The zero-order chi connectivity index (χ0) is 39.6. The number of benzene rings is 9. The minimum absolute atomic E-state index is 0.667. The summed E-state index contributed by atoms with van der Waals surface area (Å²) >= 11 is 0. The molecule has 0 aliphatic carbocycles. The van der Waals surface area contributed by atoms with Gasteiger partial charge in [-0.1, -0.05) is 158 Å². The third kappa shape index (κ3) is 4.23. The van der Waals surface area contributed by atoms with Gasteiger partial charge in [0.25, 0.3) is 0 Å². The third-order valence-electron chi connectivity index (χ3n) is 13.1. The molecule has 0 amide bonds. The fourth-order valence-electron chi connectivity index (χ4n) is 10.6. The summed E-state index contributed by atoms with van der Waals surface area (Å²) in [6.45, 7) is 0. The third-order valence-corrected chi connectivity index (χ3v) is 16.1.